The van der Waals surface area contributed by atoms with Crippen LogP contribution in [0.1, 0.15) is 57.8 Å². The Hall–Kier alpha value is -0.960. The Morgan fingerprint density at radius 2 is 1.28 bits per heavy atom. The van der Waals surface area contributed by atoms with E-state index in [4.69, 9.17) is 11.6 Å². The molecule has 2 aliphatic carbocycles. The van der Waals surface area contributed by atoms with E-state index in [9.17, 15) is 14.4 Å². The van der Waals surface area contributed by atoms with E-state index in [-0.39, 0.29) is 23.8 Å². The Labute approximate surface area is 113 Å². The van der Waals surface area contributed by atoms with E-state index in [1.807, 2.05) is 0 Å². The molecule has 0 aliphatic heterocycles. The Kier molecular flexibility index (Phi) is 6.88. The van der Waals surface area contributed by atoms with E-state index >= 15 is 0 Å². The predicted octanol–water partition coefficient (Wildman–Crippen LogP) is 3.34. The van der Waals surface area contributed by atoms with Crippen molar-refractivity contribution < 1.29 is 14.4 Å². The molecular formula is C14H19ClO3. The maximum Gasteiger partial charge on any atom is 0.156 e. The summed E-state index contributed by atoms with van der Waals surface area (Å²) in [5.41, 5.74) is 0. The molecule has 3 nitrogen and oxygen atoms in total. The number of ketones is 3. The number of halogens is 1. The molecule has 0 aromatic heterocycles. The van der Waals surface area contributed by atoms with E-state index in [0.29, 0.717) is 19.3 Å². The summed E-state index contributed by atoms with van der Waals surface area (Å²) in [4.78, 5) is 32.1. The van der Waals surface area contributed by atoms with E-state index < -0.39 is 0 Å². The van der Waals surface area contributed by atoms with Gasteiger partial charge in [-0.15, -0.1) is 0 Å². The SMILES string of the molecule is O=C1C=C(Cl)CCCC1.O=C1CCCCC(=O)C1. The molecule has 1 fully saturated rings. The van der Waals surface area contributed by atoms with Gasteiger partial charge in [0.2, 0.25) is 0 Å². The van der Waals surface area contributed by atoms with Crippen LogP contribution in [0.4, 0.5) is 0 Å². The number of hydrogen-bond acceptors (Lipinski definition) is 3. The molecule has 100 valence electrons. The highest BCUT2D eigenvalue weighted by molar-refractivity contribution is 6.31. The van der Waals surface area contributed by atoms with Gasteiger partial charge in [-0.1, -0.05) is 11.6 Å². The third-order valence-electron chi connectivity index (χ3n) is 2.96. The summed E-state index contributed by atoms with van der Waals surface area (Å²) < 4.78 is 0. The molecule has 0 aromatic carbocycles. The second-order valence-corrected chi connectivity index (χ2v) is 5.21. The Bertz CT molecular complexity index is 342. The largest absolute Gasteiger partial charge is 0.299 e. The average Bonchev–Trinajstić information content (AvgIpc) is 2.59. The van der Waals surface area contributed by atoms with Gasteiger partial charge in [0.25, 0.3) is 0 Å². The lowest BCUT2D eigenvalue weighted by atomic mass is 10.2. The van der Waals surface area contributed by atoms with Crippen LogP contribution in [0.3, 0.4) is 0 Å². The van der Waals surface area contributed by atoms with Crippen LogP contribution in [0.25, 0.3) is 0 Å². The molecule has 0 unspecified atom stereocenters. The van der Waals surface area contributed by atoms with Crippen molar-refractivity contribution in [3.8, 4) is 0 Å². The molecule has 2 rings (SSSR count). The molecular weight excluding hydrogens is 252 g/mol. The summed E-state index contributed by atoms with van der Waals surface area (Å²) in [6, 6.07) is 0. The van der Waals surface area contributed by atoms with Gasteiger partial charge in [0, 0.05) is 24.3 Å². The van der Waals surface area contributed by atoms with Crippen molar-refractivity contribution in [1.29, 1.82) is 0 Å². The quantitative estimate of drug-likeness (QED) is 0.501. The first-order valence-corrected chi connectivity index (χ1v) is 6.88. The lowest BCUT2D eigenvalue weighted by Gasteiger charge is -1.88. The summed E-state index contributed by atoms with van der Waals surface area (Å²) >= 11 is 5.66. The van der Waals surface area contributed by atoms with Crippen LogP contribution in [0.15, 0.2) is 11.1 Å². The highest BCUT2D eigenvalue weighted by Gasteiger charge is 2.12. The molecule has 2 aliphatic rings. The van der Waals surface area contributed by atoms with Gasteiger partial charge in [-0.3, -0.25) is 14.4 Å². The number of carbonyl (C=O) groups is 3. The van der Waals surface area contributed by atoms with Crippen molar-refractivity contribution in [2.75, 3.05) is 0 Å². The van der Waals surface area contributed by atoms with Crippen LogP contribution in [-0.2, 0) is 14.4 Å². The normalized spacial score (nSPS) is 21.4. The number of allylic oxidation sites excluding steroid dienone is 2. The molecule has 0 atom stereocenters. The number of carbonyl (C=O) groups excluding carboxylic acids is 3. The van der Waals surface area contributed by atoms with E-state index in [1.165, 1.54) is 0 Å². The summed E-state index contributed by atoms with van der Waals surface area (Å²) in [6.45, 7) is 0. The Morgan fingerprint density at radius 3 is 1.89 bits per heavy atom. The summed E-state index contributed by atoms with van der Waals surface area (Å²) in [5, 5.41) is 0.720. The summed E-state index contributed by atoms with van der Waals surface area (Å²) in [5.74, 6) is 0.424. The van der Waals surface area contributed by atoms with Crippen molar-refractivity contribution in [2.45, 2.75) is 57.8 Å². The molecule has 0 heterocycles. The van der Waals surface area contributed by atoms with Gasteiger partial charge >= 0.3 is 0 Å². The van der Waals surface area contributed by atoms with Gasteiger partial charge in [0.15, 0.2) is 5.78 Å². The molecule has 1 saturated carbocycles. The third-order valence-corrected chi connectivity index (χ3v) is 3.26. The van der Waals surface area contributed by atoms with E-state index in [1.54, 1.807) is 6.08 Å². The lowest BCUT2D eigenvalue weighted by Crippen LogP contribution is -2.01. The Balaban J connectivity index is 0.000000180. The zero-order valence-corrected chi connectivity index (χ0v) is 11.3. The third kappa shape index (κ3) is 6.70. The number of hydrogen-bond donors (Lipinski definition) is 0. The van der Waals surface area contributed by atoms with Crippen LogP contribution in [0, 0.1) is 0 Å². The minimum Gasteiger partial charge on any atom is -0.299 e. The van der Waals surface area contributed by atoms with Gasteiger partial charge < -0.3 is 0 Å². The predicted molar refractivity (Wildman–Crippen MR) is 70.5 cm³/mol. The van der Waals surface area contributed by atoms with Crippen molar-refractivity contribution >= 4 is 29.0 Å². The van der Waals surface area contributed by atoms with Crippen molar-refractivity contribution in [2.24, 2.45) is 0 Å². The molecule has 18 heavy (non-hydrogen) atoms. The molecule has 0 aromatic rings. The summed E-state index contributed by atoms with van der Waals surface area (Å²) in [6.07, 6.45) is 8.40. The highest BCUT2D eigenvalue weighted by Crippen LogP contribution is 2.17. The van der Waals surface area contributed by atoms with Gasteiger partial charge in [-0.05, 0) is 38.2 Å². The molecule has 0 saturated heterocycles. The summed E-state index contributed by atoms with van der Waals surface area (Å²) in [7, 11) is 0. The van der Waals surface area contributed by atoms with E-state index in [2.05, 4.69) is 0 Å². The standard InChI is InChI=1S/C7H9ClO.C7H10O2/c2*8-6-3-1-2-4-7(9)5-6/h5H,1-4H2;1-5H2. The fourth-order valence-electron chi connectivity index (χ4n) is 1.95. The maximum atomic E-state index is 10.7. The number of Topliss-reactive ketones (excluding diaryl/α,β-unsaturated/α-hetero) is 2. The zero-order chi connectivity index (χ0) is 13.4. The Morgan fingerprint density at radius 1 is 0.778 bits per heavy atom. The van der Waals surface area contributed by atoms with Gasteiger partial charge in [0.05, 0.1) is 6.42 Å². The fourth-order valence-corrected chi connectivity index (χ4v) is 2.21. The van der Waals surface area contributed by atoms with Crippen LogP contribution < -0.4 is 0 Å². The first-order valence-electron chi connectivity index (χ1n) is 6.50. The van der Waals surface area contributed by atoms with Crippen molar-refractivity contribution in [1.82, 2.24) is 0 Å². The number of rotatable bonds is 0. The van der Waals surface area contributed by atoms with Crippen LogP contribution in [-0.4, -0.2) is 17.3 Å². The monoisotopic (exact) mass is 270 g/mol. The van der Waals surface area contributed by atoms with Crippen LogP contribution in [0.5, 0.6) is 0 Å². The zero-order valence-electron chi connectivity index (χ0n) is 10.5. The molecule has 4 heteroatoms. The minimum absolute atomic E-state index is 0.123. The van der Waals surface area contributed by atoms with Gasteiger partial charge in [-0.2, -0.15) is 0 Å². The first kappa shape index (κ1) is 15.1. The smallest absolute Gasteiger partial charge is 0.156 e. The second kappa shape index (κ2) is 8.20. The van der Waals surface area contributed by atoms with Gasteiger partial charge in [-0.25, -0.2) is 0 Å². The minimum atomic E-state index is 0.123. The average molecular weight is 271 g/mol. The van der Waals surface area contributed by atoms with Crippen LogP contribution in [0.2, 0.25) is 0 Å². The fraction of sp³-hybridized carbons (Fsp3) is 0.643. The van der Waals surface area contributed by atoms with Crippen LogP contribution >= 0.6 is 11.6 Å². The molecule has 0 N–H and O–H groups in total. The molecule has 0 radical (unpaired) electrons. The topological polar surface area (TPSA) is 51.2 Å². The molecule has 0 amide bonds. The van der Waals surface area contributed by atoms with Crippen molar-refractivity contribution in [3.05, 3.63) is 11.1 Å². The first-order chi connectivity index (χ1) is 8.58. The molecule has 0 spiro atoms. The molecule has 0 bridgehead atoms. The van der Waals surface area contributed by atoms with E-state index in [0.717, 1.165) is 37.1 Å². The van der Waals surface area contributed by atoms with Gasteiger partial charge in [0.1, 0.15) is 11.6 Å². The highest BCUT2D eigenvalue weighted by atomic mass is 35.5. The second-order valence-electron chi connectivity index (χ2n) is 4.73. The van der Waals surface area contributed by atoms with Crippen molar-refractivity contribution in [3.63, 3.8) is 0 Å². The maximum absolute atomic E-state index is 10.7. The lowest BCUT2D eigenvalue weighted by molar-refractivity contribution is -0.126.